The summed E-state index contributed by atoms with van der Waals surface area (Å²) in [5.74, 6) is 0.409. The SMILES string of the molecule is Cc1c(Cl)cccc1Nc1nc2c(S(=O)(=O)c3ccccc3)nnn2c2ccc(Cl)cc12. The summed E-state index contributed by atoms with van der Waals surface area (Å²) >= 11 is 12.5. The summed E-state index contributed by atoms with van der Waals surface area (Å²) in [6.07, 6.45) is 0. The van der Waals surface area contributed by atoms with Crippen LogP contribution in [-0.2, 0) is 9.84 Å². The van der Waals surface area contributed by atoms with E-state index in [1.54, 1.807) is 42.5 Å². The maximum absolute atomic E-state index is 13.3. The molecule has 0 radical (unpaired) electrons. The van der Waals surface area contributed by atoms with Crippen molar-refractivity contribution in [1.29, 1.82) is 0 Å². The van der Waals surface area contributed by atoms with Crippen molar-refractivity contribution in [2.24, 2.45) is 0 Å². The lowest BCUT2D eigenvalue weighted by Gasteiger charge is -2.13. The molecule has 0 amide bonds. The number of fused-ring (bicyclic) bond motifs is 3. The molecule has 0 bridgehead atoms. The molecule has 0 aliphatic rings. The van der Waals surface area contributed by atoms with Gasteiger partial charge in [-0.25, -0.2) is 13.4 Å². The van der Waals surface area contributed by atoms with Crippen LogP contribution in [-0.4, -0.2) is 28.2 Å². The number of halogens is 2. The van der Waals surface area contributed by atoms with Gasteiger partial charge < -0.3 is 5.32 Å². The Labute approximate surface area is 193 Å². The number of hydrogen-bond acceptors (Lipinski definition) is 6. The van der Waals surface area contributed by atoms with Crippen LogP contribution >= 0.6 is 23.2 Å². The number of benzene rings is 3. The zero-order chi connectivity index (χ0) is 22.5. The topological polar surface area (TPSA) is 89.2 Å². The normalized spacial score (nSPS) is 11.8. The highest BCUT2D eigenvalue weighted by Gasteiger charge is 2.27. The second kappa shape index (κ2) is 7.74. The largest absolute Gasteiger partial charge is 0.339 e. The smallest absolute Gasteiger partial charge is 0.229 e. The van der Waals surface area contributed by atoms with Crippen LogP contribution in [0.1, 0.15) is 5.56 Å². The second-order valence-corrected chi connectivity index (χ2v) is 9.81. The third-order valence-corrected chi connectivity index (χ3v) is 7.42. The number of aromatic nitrogens is 4. The van der Waals surface area contributed by atoms with Crippen molar-refractivity contribution in [1.82, 2.24) is 19.8 Å². The number of nitrogens with zero attached hydrogens (tertiary/aromatic N) is 4. The highest BCUT2D eigenvalue weighted by molar-refractivity contribution is 7.91. The summed E-state index contributed by atoms with van der Waals surface area (Å²) in [5, 5.41) is 12.8. The fourth-order valence-electron chi connectivity index (χ4n) is 3.42. The van der Waals surface area contributed by atoms with E-state index in [-0.39, 0.29) is 15.6 Å². The molecule has 2 heterocycles. The van der Waals surface area contributed by atoms with Gasteiger partial charge in [0.25, 0.3) is 0 Å². The summed E-state index contributed by atoms with van der Waals surface area (Å²) in [6, 6.07) is 18.7. The number of rotatable bonds is 4. The molecule has 0 saturated carbocycles. The summed E-state index contributed by atoms with van der Waals surface area (Å²) in [7, 11) is -3.94. The highest BCUT2D eigenvalue weighted by atomic mass is 35.5. The Bertz CT molecular complexity index is 1600. The predicted molar refractivity (Wildman–Crippen MR) is 125 cm³/mol. The van der Waals surface area contributed by atoms with E-state index in [0.29, 0.717) is 26.8 Å². The maximum Gasteiger partial charge on any atom is 0.229 e. The molecular weight excluding hydrogens is 469 g/mol. The molecule has 32 heavy (non-hydrogen) atoms. The van der Waals surface area contributed by atoms with E-state index in [9.17, 15) is 8.42 Å². The predicted octanol–water partition coefficient (Wildman–Crippen LogP) is 5.47. The van der Waals surface area contributed by atoms with Crippen LogP contribution in [0.5, 0.6) is 0 Å². The summed E-state index contributed by atoms with van der Waals surface area (Å²) < 4.78 is 27.9. The Morgan fingerprint density at radius 2 is 1.75 bits per heavy atom. The minimum Gasteiger partial charge on any atom is -0.339 e. The molecule has 0 saturated heterocycles. The van der Waals surface area contributed by atoms with E-state index >= 15 is 0 Å². The zero-order valence-corrected chi connectivity index (χ0v) is 18.9. The first kappa shape index (κ1) is 20.7. The van der Waals surface area contributed by atoms with Crippen LogP contribution in [0, 0.1) is 6.92 Å². The fourth-order valence-corrected chi connectivity index (χ4v) is 5.02. The van der Waals surface area contributed by atoms with Crippen LogP contribution < -0.4 is 5.32 Å². The molecule has 5 aromatic rings. The summed E-state index contributed by atoms with van der Waals surface area (Å²) in [5.41, 5.74) is 2.26. The van der Waals surface area contributed by atoms with Gasteiger partial charge in [-0.05, 0) is 55.0 Å². The molecule has 0 unspecified atom stereocenters. The Hall–Kier alpha value is -3.20. The molecule has 10 heteroatoms. The van der Waals surface area contributed by atoms with Crippen LogP contribution in [0.4, 0.5) is 11.5 Å². The van der Waals surface area contributed by atoms with Crippen molar-refractivity contribution in [3.05, 3.63) is 82.3 Å². The third-order valence-electron chi connectivity index (χ3n) is 5.11. The van der Waals surface area contributed by atoms with Gasteiger partial charge in [0.1, 0.15) is 5.82 Å². The van der Waals surface area contributed by atoms with E-state index in [0.717, 1.165) is 11.3 Å². The minimum absolute atomic E-state index is 0.103. The second-order valence-electron chi connectivity index (χ2n) is 7.11. The van der Waals surface area contributed by atoms with Gasteiger partial charge in [0.05, 0.1) is 10.4 Å². The number of nitrogens with one attached hydrogen (secondary N) is 1. The van der Waals surface area contributed by atoms with E-state index in [2.05, 4.69) is 20.6 Å². The first-order valence-corrected chi connectivity index (χ1v) is 11.8. The van der Waals surface area contributed by atoms with E-state index in [1.807, 2.05) is 19.1 Å². The third kappa shape index (κ3) is 3.37. The quantitative estimate of drug-likeness (QED) is 0.364. The molecule has 2 aromatic heterocycles. The van der Waals surface area contributed by atoms with Crippen LogP contribution in [0.2, 0.25) is 10.0 Å². The number of anilines is 2. The molecular formula is C22H15Cl2N5O2S. The molecule has 160 valence electrons. The van der Waals surface area contributed by atoms with Gasteiger partial charge in [-0.1, -0.05) is 52.7 Å². The molecule has 0 aliphatic carbocycles. The molecule has 0 atom stereocenters. The summed E-state index contributed by atoms with van der Waals surface area (Å²) in [4.78, 5) is 4.72. The monoisotopic (exact) mass is 483 g/mol. The number of sulfone groups is 1. The molecule has 0 aliphatic heterocycles. The molecule has 7 nitrogen and oxygen atoms in total. The lowest BCUT2D eigenvalue weighted by atomic mass is 10.2. The Kier molecular flexibility index (Phi) is 5.00. The van der Waals surface area contributed by atoms with Crippen molar-refractivity contribution in [2.45, 2.75) is 16.8 Å². The lowest BCUT2D eigenvalue weighted by Crippen LogP contribution is -2.06. The van der Waals surface area contributed by atoms with Gasteiger partial charge in [0.15, 0.2) is 5.65 Å². The maximum atomic E-state index is 13.3. The van der Waals surface area contributed by atoms with Gasteiger partial charge >= 0.3 is 0 Å². The lowest BCUT2D eigenvalue weighted by molar-refractivity contribution is 0.592. The van der Waals surface area contributed by atoms with Gasteiger partial charge in [0.2, 0.25) is 14.9 Å². The number of hydrogen-bond donors (Lipinski definition) is 1. The average molecular weight is 484 g/mol. The van der Waals surface area contributed by atoms with Gasteiger partial charge in [0, 0.05) is 21.1 Å². The van der Waals surface area contributed by atoms with E-state index < -0.39 is 9.84 Å². The zero-order valence-electron chi connectivity index (χ0n) is 16.6. The standard InChI is InChI=1S/C22H15Cl2N5O2S/c1-13-17(24)8-5-9-18(13)25-20-16-12-14(23)10-11-19(16)29-21(26-20)22(27-28-29)32(30,31)15-6-3-2-4-7-15/h2-12H,1H3,(H,25,26). The Balaban J connectivity index is 1.79. The van der Waals surface area contributed by atoms with Crippen molar-refractivity contribution >= 4 is 61.1 Å². The Morgan fingerprint density at radius 3 is 2.53 bits per heavy atom. The first-order chi connectivity index (χ1) is 15.4. The molecule has 0 fully saturated rings. The molecule has 3 aromatic carbocycles. The van der Waals surface area contributed by atoms with E-state index in [1.165, 1.54) is 16.6 Å². The highest BCUT2D eigenvalue weighted by Crippen LogP contribution is 2.33. The van der Waals surface area contributed by atoms with Crippen LogP contribution in [0.15, 0.2) is 76.7 Å². The van der Waals surface area contributed by atoms with Crippen molar-refractivity contribution in [3.63, 3.8) is 0 Å². The molecule has 5 rings (SSSR count). The molecule has 1 N–H and O–H groups in total. The Morgan fingerprint density at radius 1 is 0.969 bits per heavy atom. The van der Waals surface area contributed by atoms with Gasteiger partial charge in [-0.15, -0.1) is 5.10 Å². The molecule has 0 spiro atoms. The van der Waals surface area contributed by atoms with Crippen LogP contribution in [0.25, 0.3) is 16.6 Å². The fraction of sp³-hybridized carbons (Fsp3) is 0.0455. The van der Waals surface area contributed by atoms with E-state index in [4.69, 9.17) is 23.2 Å². The minimum atomic E-state index is -3.94. The van der Waals surface area contributed by atoms with Crippen LogP contribution in [0.3, 0.4) is 0 Å². The van der Waals surface area contributed by atoms with Gasteiger partial charge in [-0.3, -0.25) is 0 Å². The van der Waals surface area contributed by atoms with Crippen molar-refractivity contribution in [3.8, 4) is 0 Å². The van der Waals surface area contributed by atoms with Crippen molar-refractivity contribution < 1.29 is 8.42 Å². The first-order valence-electron chi connectivity index (χ1n) is 9.53. The van der Waals surface area contributed by atoms with Gasteiger partial charge in [-0.2, -0.15) is 4.52 Å². The van der Waals surface area contributed by atoms with Crippen molar-refractivity contribution in [2.75, 3.05) is 5.32 Å². The average Bonchev–Trinajstić information content (AvgIpc) is 3.22. The summed E-state index contributed by atoms with van der Waals surface area (Å²) in [6.45, 7) is 1.88.